The van der Waals surface area contributed by atoms with Crippen LogP contribution in [0.4, 0.5) is 0 Å². The molecule has 1 aromatic carbocycles. The number of allylic oxidation sites excluding steroid dienone is 2. The van der Waals surface area contributed by atoms with E-state index in [1.165, 1.54) is 12.0 Å². The molecule has 0 amide bonds. The van der Waals surface area contributed by atoms with E-state index < -0.39 is 5.60 Å². The lowest BCUT2D eigenvalue weighted by Crippen LogP contribution is -2.44. The van der Waals surface area contributed by atoms with Crippen molar-refractivity contribution in [3.05, 3.63) is 71.1 Å². The quantitative estimate of drug-likeness (QED) is 0.820. The van der Waals surface area contributed by atoms with Crippen molar-refractivity contribution in [2.24, 2.45) is 17.8 Å². The summed E-state index contributed by atoms with van der Waals surface area (Å²) in [6, 6.07) is 12.0. The molecule has 3 aliphatic carbocycles. The minimum Gasteiger partial charge on any atom is -0.380 e. The van der Waals surface area contributed by atoms with E-state index in [0.717, 1.165) is 41.7 Å². The molecule has 2 aromatic rings. The Morgan fingerprint density at radius 3 is 2.67 bits per heavy atom. The van der Waals surface area contributed by atoms with E-state index in [4.69, 9.17) is 0 Å². The topological polar surface area (TPSA) is 50.2 Å². The van der Waals surface area contributed by atoms with Crippen molar-refractivity contribution in [2.45, 2.75) is 44.6 Å². The Kier molecular flexibility index (Phi) is 3.83. The van der Waals surface area contributed by atoms with Crippen LogP contribution in [0, 0.1) is 24.7 Å². The van der Waals surface area contributed by atoms with Gasteiger partial charge in [0.2, 0.25) is 0 Å². The summed E-state index contributed by atoms with van der Waals surface area (Å²) in [5, 5.41) is 11.9. The Morgan fingerprint density at radius 2 is 1.85 bits per heavy atom. The molecule has 27 heavy (non-hydrogen) atoms. The van der Waals surface area contributed by atoms with E-state index in [2.05, 4.69) is 24.0 Å². The number of pyridine rings is 1. The molecule has 4 atom stereocenters. The fourth-order valence-electron chi connectivity index (χ4n) is 5.60. The average molecular weight is 359 g/mol. The Morgan fingerprint density at radius 1 is 1.07 bits per heavy atom. The largest absolute Gasteiger partial charge is 0.380 e. The molecule has 3 heteroatoms. The van der Waals surface area contributed by atoms with Gasteiger partial charge in [0.1, 0.15) is 5.60 Å². The van der Waals surface area contributed by atoms with Gasteiger partial charge in [-0.25, -0.2) is 0 Å². The minimum absolute atomic E-state index is 0.125. The molecule has 1 saturated carbocycles. The van der Waals surface area contributed by atoms with Gasteiger partial charge in [0.25, 0.3) is 0 Å². The molecule has 0 unspecified atom stereocenters. The highest BCUT2D eigenvalue weighted by molar-refractivity contribution is 6.01. The number of hydrogen-bond acceptors (Lipinski definition) is 3. The normalized spacial score (nSPS) is 32.1. The van der Waals surface area contributed by atoms with Crippen LogP contribution >= 0.6 is 0 Å². The van der Waals surface area contributed by atoms with E-state index in [1.54, 1.807) is 6.20 Å². The molecular weight excluding hydrogens is 334 g/mol. The number of nitrogens with zero attached hydrogens (tertiary/aromatic N) is 1. The maximum absolute atomic E-state index is 12.8. The van der Waals surface area contributed by atoms with E-state index in [1.807, 2.05) is 30.3 Å². The van der Waals surface area contributed by atoms with Crippen molar-refractivity contribution in [2.75, 3.05) is 0 Å². The van der Waals surface area contributed by atoms with Gasteiger partial charge in [0, 0.05) is 17.7 Å². The number of fused-ring (bicyclic) bond motifs is 5. The second-order valence-corrected chi connectivity index (χ2v) is 8.49. The molecule has 138 valence electrons. The summed E-state index contributed by atoms with van der Waals surface area (Å²) in [4.78, 5) is 17.4. The molecule has 1 aromatic heterocycles. The summed E-state index contributed by atoms with van der Waals surface area (Å²) >= 11 is 0. The highest BCUT2D eigenvalue weighted by atomic mass is 16.3. The highest BCUT2D eigenvalue weighted by Crippen LogP contribution is 2.55. The van der Waals surface area contributed by atoms with E-state index >= 15 is 0 Å². The van der Waals surface area contributed by atoms with Crippen molar-refractivity contribution in [1.29, 1.82) is 0 Å². The summed E-state index contributed by atoms with van der Waals surface area (Å²) in [5.74, 6) is 0.920. The minimum atomic E-state index is -1.05. The van der Waals surface area contributed by atoms with Crippen LogP contribution in [-0.4, -0.2) is 15.9 Å². The number of ketones is 1. The predicted molar refractivity (Wildman–Crippen MR) is 105 cm³/mol. The van der Waals surface area contributed by atoms with E-state index in [0.29, 0.717) is 12.3 Å². The lowest BCUT2D eigenvalue weighted by atomic mass is 9.58. The second kappa shape index (κ2) is 6.13. The molecule has 1 N–H and O–H groups in total. The number of benzene rings is 1. The number of hydrogen-bond donors (Lipinski definition) is 1. The van der Waals surface area contributed by atoms with Gasteiger partial charge in [-0.1, -0.05) is 48.7 Å². The fourth-order valence-corrected chi connectivity index (χ4v) is 5.60. The molecular formula is C24H25NO2. The highest BCUT2D eigenvalue weighted by Gasteiger charge is 2.50. The number of aryl methyl sites for hydroxylation is 1. The van der Waals surface area contributed by atoms with Crippen molar-refractivity contribution in [1.82, 2.24) is 4.98 Å². The Labute approximate surface area is 160 Å². The van der Waals surface area contributed by atoms with Crippen molar-refractivity contribution >= 4 is 11.4 Å². The molecule has 1 heterocycles. The molecule has 0 spiro atoms. The monoisotopic (exact) mass is 359 g/mol. The molecule has 3 nitrogen and oxygen atoms in total. The van der Waals surface area contributed by atoms with Gasteiger partial charge in [-0.05, 0) is 61.3 Å². The van der Waals surface area contributed by atoms with Crippen LogP contribution in [0.5, 0.6) is 0 Å². The molecule has 3 aliphatic rings. The lowest BCUT2D eigenvalue weighted by Gasteiger charge is -2.47. The van der Waals surface area contributed by atoms with Crippen LogP contribution in [0.15, 0.2) is 48.7 Å². The fraction of sp³-hybridized carbons (Fsp3) is 0.417. The van der Waals surface area contributed by atoms with Crippen molar-refractivity contribution in [3.8, 4) is 0 Å². The summed E-state index contributed by atoms with van der Waals surface area (Å²) < 4.78 is 0. The number of rotatable bonds is 1. The summed E-state index contributed by atoms with van der Waals surface area (Å²) in [6.45, 7) is 2.06. The third kappa shape index (κ3) is 2.52. The maximum atomic E-state index is 12.8. The van der Waals surface area contributed by atoms with Gasteiger partial charge in [0.15, 0.2) is 5.78 Å². The first-order valence-corrected chi connectivity index (χ1v) is 10.1. The van der Waals surface area contributed by atoms with Gasteiger partial charge >= 0.3 is 0 Å². The van der Waals surface area contributed by atoms with Gasteiger partial charge < -0.3 is 5.11 Å². The number of aliphatic hydroxyl groups is 1. The summed E-state index contributed by atoms with van der Waals surface area (Å²) in [5.41, 5.74) is 3.75. The molecule has 0 saturated heterocycles. The SMILES string of the molecule is Cc1ccc([C@@]2(O)C[C@H]3C(=CC(=O)[C@H]4CCCC[C@@H]43)c3ncccc32)cc1. The van der Waals surface area contributed by atoms with Crippen LogP contribution < -0.4 is 0 Å². The third-order valence-electron chi connectivity index (χ3n) is 6.97. The first-order valence-electron chi connectivity index (χ1n) is 10.1. The van der Waals surface area contributed by atoms with Crippen molar-refractivity contribution in [3.63, 3.8) is 0 Å². The third-order valence-corrected chi connectivity index (χ3v) is 6.97. The van der Waals surface area contributed by atoms with Crippen LogP contribution in [0.1, 0.15) is 54.5 Å². The molecule has 1 fully saturated rings. The van der Waals surface area contributed by atoms with Gasteiger partial charge in [0.05, 0.1) is 5.69 Å². The lowest BCUT2D eigenvalue weighted by molar-refractivity contribution is -0.122. The zero-order valence-electron chi connectivity index (χ0n) is 15.7. The average Bonchev–Trinajstić information content (AvgIpc) is 2.70. The van der Waals surface area contributed by atoms with Gasteiger partial charge in [-0.15, -0.1) is 0 Å². The zero-order chi connectivity index (χ0) is 18.6. The standard InChI is InChI=1S/C24H25NO2/c1-15-8-10-16(11-9-15)24(27)14-20-17-5-2-3-6-18(17)22(26)13-19(20)23-21(24)7-4-12-25-23/h4,7-13,17-18,20,27H,2-3,5-6,14H2,1H3/t17-,18-,20+,24-/m0/s1. The van der Waals surface area contributed by atoms with Gasteiger partial charge in [-0.2, -0.15) is 0 Å². The number of aromatic nitrogens is 1. The Hall–Kier alpha value is -2.26. The number of carbonyl (C=O) groups excluding carboxylic acids is 1. The van der Waals surface area contributed by atoms with Crippen LogP contribution in [0.3, 0.4) is 0 Å². The zero-order valence-corrected chi connectivity index (χ0v) is 15.7. The first kappa shape index (κ1) is 16.9. The second-order valence-electron chi connectivity index (χ2n) is 8.49. The Bertz CT molecular complexity index is 930. The first-order chi connectivity index (χ1) is 13.1. The van der Waals surface area contributed by atoms with Crippen LogP contribution in [-0.2, 0) is 10.4 Å². The molecule has 0 radical (unpaired) electrons. The van der Waals surface area contributed by atoms with Gasteiger partial charge in [-0.3, -0.25) is 9.78 Å². The maximum Gasteiger partial charge on any atom is 0.159 e. The molecule has 0 aliphatic heterocycles. The van der Waals surface area contributed by atoms with Crippen LogP contribution in [0.2, 0.25) is 0 Å². The van der Waals surface area contributed by atoms with E-state index in [-0.39, 0.29) is 17.6 Å². The smallest absolute Gasteiger partial charge is 0.159 e. The summed E-state index contributed by atoms with van der Waals surface area (Å²) in [7, 11) is 0. The number of carbonyl (C=O) groups is 1. The molecule has 0 bridgehead atoms. The van der Waals surface area contributed by atoms with E-state index in [9.17, 15) is 9.90 Å². The summed E-state index contributed by atoms with van der Waals surface area (Å²) in [6.07, 6.45) is 8.63. The van der Waals surface area contributed by atoms with Crippen molar-refractivity contribution < 1.29 is 9.90 Å². The van der Waals surface area contributed by atoms with Crippen LogP contribution in [0.25, 0.3) is 5.57 Å². The predicted octanol–water partition coefficient (Wildman–Crippen LogP) is 4.42. The molecule has 5 rings (SSSR count). The Balaban J connectivity index is 1.70.